The van der Waals surface area contributed by atoms with E-state index in [0.717, 1.165) is 5.69 Å². The van der Waals surface area contributed by atoms with Gasteiger partial charge in [0.2, 0.25) is 5.91 Å². The van der Waals surface area contributed by atoms with Crippen molar-refractivity contribution in [2.24, 2.45) is 5.92 Å². The summed E-state index contributed by atoms with van der Waals surface area (Å²) in [5.41, 5.74) is 2.05. The number of nitrogens with one attached hydrogen (secondary N) is 2. The van der Waals surface area contributed by atoms with E-state index >= 15 is 0 Å². The van der Waals surface area contributed by atoms with Gasteiger partial charge in [-0.15, -0.1) is 0 Å². The van der Waals surface area contributed by atoms with E-state index in [1.807, 2.05) is 53.4 Å². The Morgan fingerprint density at radius 2 is 1.37 bits per heavy atom. The highest BCUT2D eigenvalue weighted by Crippen LogP contribution is 2.31. The van der Waals surface area contributed by atoms with Crippen LogP contribution in [0, 0.1) is 5.92 Å². The molecule has 8 nitrogen and oxygen atoms in total. The molecule has 1 amide bonds. The maximum atomic E-state index is 13.0. The highest BCUT2D eigenvalue weighted by atomic mass is 32.2. The van der Waals surface area contributed by atoms with Crippen molar-refractivity contribution in [2.45, 2.75) is 17.7 Å². The zero-order valence-electron chi connectivity index (χ0n) is 19.0. The van der Waals surface area contributed by atoms with Crippen LogP contribution in [-0.2, 0) is 14.8 Å². The Morgan fingerprint density at radius 1 is 0.800 bits per heavy atom. The number of nitrogens with zero attached hydrogens (tertiary/aromatic N) is 3. The molecule has 0 bridgehead atoms. The average Bonchev–Trinajstić information content (AvgIpc) is 2.89. The molecule has 0 spiro atoms. The topological polar surface area (TPSA) is 104 Å². The van der Waals surface area contributed by atoms with Crippen molar-refractivity contribution in [2.75, 3.05) is 28.0 Å². The monoisotopic (exact) mass is 487 g/mol. The number of fused-ring (bicyclic) bond motifs is 1. The molecule has 0 radical (unpaired) electrons. The Bertz CT molecular complexity index is 1440. The Balaban J connectivity index is 1.38. The van der Waals surface area contributed by atoms with Gasteiger partial charge in [0.1, 0.15) is 0 Å². The van der Waals surface area contributed by atoms with Gasteiger partial charge >= 0.3 is 0 Å². The minimum atomic E-state index is -3.85. The Morgan fingerprint density at radius 3 is 2.03 bits per heavy atom. The molecule has 1 aromatic heterocycles. The Hall–Kier alpha value is -3.98. The maximum Gasteiger partial charge on any atom is 0.263 e. The lowest BCUT2D eigenvalue weighted by atomic mass is 9.95. The third-order valence-corrected chi connectivity index (χ3v) is 7.40. The van der Waals surface area contributed by atoms with Gasteiger partial charge in [-0.2, -0.15) is 0 Å². The van der Waals surface area contributed by atoms with Gasteiger partial charge in [0.15, 0.2) is 11.6 Å². The number of carbonyl (C=O) groups excluding carboxylic acids is 1. The molecule has 0 saturated carbocycles. The lowest BCUT2D eigenvalue weighted by molar-refractivity contribution is -0.120. The molecule has 1 aliphatic rings. The lowest BCUT2D eigenvalue weighted by Gasteiger charge is -2.33. The van der Waals surface area contributed by atoms with Crippen molar-refractivity contribution in [1.29, 1.82) is 0 Å². The van der Waals surface area contributed by atoms with Crippen molar-refractivity contribution in [1.82, 2.24) is 9.97 Å². The third-order valence-electron chi connectivity index (χ3n) is 6.04. The van der Waals surface area contributed by atoms with E-state index in [9.17, 15) is 13.2 Å². The summed E-state index contributed by atoms with van der Waals surface area (Å²) in [6.45, 7) is 1.11. The standard InChI is InChI=1S/C26H25N5O3S/c32-26(27-20-9-3-1-4-10-20)19-15-17-31(18-16-19)25-24(28-22-13-7-8-14-23(22)29-25)30-35(33,34)21-11-5-2-6-12-21/h1-14,19H,15-18H2,(H,27,32)(H,28,30). The molecule has 0 unspecified atom stereocenters. The van der Waals surface area contributed by atoms with Crippen molar-refractivity contribution >= 4 is 44.3 Å². The number of benzene rings is 3. The SMILES string of the molecule is O=C(Nc1ccccc1)C1CCN(c2nc3ccccc3nc2NS(=O)(=O)c2ccccc2)CC1. The molecule has 1 fully saturated rings. The van der Waals surface area contributed by atoms with E-state index in [4.69, 9.17) is 4.98 Å². The first-order chi connectivity index (χ1) is 17.0. The first kappa shape index (κ1) is 22.8. The molecule has 3 aromatic carbocycles. The predicted molar refractivity (Wildman–Crippen MR) is 137 cm³/mol. The number of sulfonamides is 1. The summed E-state index contributed by atoms with van der Waals surface area (Å²) in [5, 5.41) is 2.97. The molecule has 2 heterocycles. The first-order valence-corrected chi connectivity index (χ1v) is 12.9. The van der Waals surface area contributed by atoms with Crippen LogP contribution in [0.15, 0.2) is 89.8 Å². The van der Waals surface area contributed by atoms with Crippen molar-refractivity contribution in [3.8, 4) is 0 Å². The second kappa shape index (κ2) is 9.71. The summed E-state index contributed by atoms with van der Waals surface area (Å²) in [7, 11) is -3.85. The van der Waals surface area contributed by atoms with Crippen molar-refractivity contribution in [3.05, 3.63) is 84.9 Å². The fourth-order valence-corrected chi connectivity index (χ4v) is 5.21. The van der Waals surface area contributed by atoms with Gasteiger partial charge in [-0.05, 0) is 49.2 Å². The molecule has 35 heavy (non-hydrogen) atoms. The molecule has 178 valence electrons. The molecule has 1 saturated heterocycles. The summed E-state index contributed by atoms with van der Waals surface area (Å²) >= 11 is 0. The van der Waals surface area contributed by atoms with Crippen LogP contribution in [-0.4, -0.2) is 37.4 Å². The van der Waals surface area contributed by atoms with Crippen LogP contribution < -0.4 is 14.9 Å². The quantitative estimate of drug-likeness (QED) is 0.421. The number of rotatable bonds is 6. The van der Waals surface area contributed by atoms with Crippen molar-refractivity contribution in [3.63, 3.8) is 0 Å². The van der Waals surface area contributed by atoms with E-state index in [-0.39, 0.29) is 22.5 Å². The summed E-state index contributed by atoms with van der Waals surface area (Å²) in [5.74, 6) is 0.500. The van der Waals surface area contributed by atoms with Gasteiger partial charge in [0, 0.05) is 24.7 Å². The van der Waals surface area contributed by atoms with Gasteiger partial charge in [0.25, 0.3) is 10.0 Å². The largest absolute Gasteiger partial charge is 0.353 e. The third kappa shape index (κ3) is 5.09. The minimum absolute atomic E-state index is 0.00884. The van der Waals surface area contributed by atoms with Crippen LogP contribution in [0.2, 0.25) is 0 Å². The normalized spacial score (nSPS) is 14.6. The van der Waals surface area contributed by atoms with E-state index in [1.54, 1.807) is 24.3 Å². The van der Waals surface area contributed by atoms with E-state index in [2.05, 4.69) is 15.0 Å². The molecule has 4 aromatic rings. The number of aromatic nitrogens is 2. The Labute approximate surface area is 204 Å². The summed E-state index contributed by atoms with van der Waals surface area (Å²) in [6, 6.07) is 24.9. The molecule has 0 aliphatic carbocycles. The number of amides is 1. The number of hydrogen-bond acceptors (Lipinski definition) is 6. The molecule has 0 atom stereocenters. The fourth-order valence-electron chi connectivity index (χ4n) is 4.18. The number of para-hydroxylation sites is 3. The summed E-state index contributed by atoms with van der Waals surface area (Å²) < 4.78 is 28.7. The zero-order valence-corrected chi connectivity index (χ0v) is 19.8. The minimum Gasteiger partial charge on any atom is -0.353 e. The van der Waals surface area contributed by atoms with Gasteiger partial charge in [-0.3, -0.25) is 9.52 Å². The van der Waals surface area contributed by atoms with Gasteiger partial charge in [0.05, 0.1) is 15.9 Å². The molecule has 1 aliphatic heterocycles. The van der Waals surface area contributed by atoms with Crippen LogP contribution >= 0.6 is 0 Å². The van der Waals surface area contributed by atoms with Gasteiger partial charge in [-0.1, -0.05) is 48.5 Å². The number of piperidine rings is 1. The highest BCUT2D eigenvalue weighted by molar-refractivity contribution is 7.92. The zero-order chi connectivity index (χ0) is 24.3. The van der Waals surface area contributed by atoms with Crippen LogP contribution in [0.25, 0.3) is 11.0 Å². The molecule has 9 heteroatoms. The lowest BCUT2D eigenvalue weighted by Crippen LogP contribution is -2.39. The predicted octanol–water partition coefficient (Wildman–Crippen LogP) is 4.29. The fraction of sp³-hybridized carbons (Fsp3) is 0.192. The van der Waals surface area contributed by atoms with E-state index in [1.165, 1.54) is 12.1 Å². The molecular formula is C26H25N5O3S. The summed E-state index contributed by atoms with van der Waals surface area (Å²) in [6.07, 6.45) is 1.25. The molecular weight excluding hydrogens is 462 g/mol. The van der Waals surface area contributed by atoms with Crippen LogP contribution in [0.4, 0.5) is 17.3 Å². The van der Waals surface area contributed by atoms with Crippen LogP contribution in [0.5, 0.6) is 0 Å². The van der Waals surface area contributed by atoms with Gasteiger partial charge < -0.3 is 10.2 Å². The first-order valence-electron chi connectivity index (χ1n) is 11.5. The second-order valence-electron chi connectivity index (χ2n) is 8.42. The number of anilines is 3. The van der Waals surface area contributed by atoms with E-state index < -0.39 is 10.0 Å². The van der Waals surface area contributed by atoms with Crippen LogP contribution in [0.3, 0.4) is 0 Å². The summed E-state index contributed by atoms with van der Waals surface area (Å²) in [4.78, 5) is 24.2. The highest BCUT2D eigenvalue weighted by Gasteiger charge is 2.28. The van der Waals surface area contributed by atoms with Crippen molar-refractivity contribution < 1.29 is 13.2 Å². The number of carbonyl (C=O) groups is 1. The molecule has 2 N–H and O–H groups in total. The second-order valence-corrected chi connectivity index (χ2v) is 10.1. The van der Waals surface area contributed by atoms with Gasteiger partial charge in [-0.25, -0.2) is 18.4 Å². The van der Waals surface area contributed by atoms with E-state index in [0.29, 0.717) is 42.8 Å². The maximum absolute atomic E-state index is 13.0. The smallest absolute Gasteiger partial charge is 0.263 e. The number of hydrogen-bond donors (Lipinski definition) is 2. The Kier molecular flexibility index (Phi) is 6.33. The molecule has 5 rings (SSSR count). The van der Waals surface area contributed by atoms with Crippen LogP contribution in [0.1, 0.15) is 12.8 Å². The average molecular weight is 488 g/mol.